The summed E-state index contributed by atoms with van der Waals surface area (Å²) in [4.78, 5) is 16.1. The van der Waals surface area contributed by atoms with E-state index in [1.807, 2.05) is 55.5 Å². The summed E-state index contributed by atoms with van der Waals surface area (Å²) in [6.07, 6.45) is 3.50. The highest BCUT2D eigenvalue weighted by atomic mass is 16.2. The van der Waals surface area contributed by atoms with E-state index >= 15 is 0 Å². The van der Waals surface area contributed by atoms with E-state index in [1.54, 1.807) is 12.4 Å². The molecule has 4 heteroatoms. The van der Waals surface area contributed by atoms with E-state index in [2.05, 4.69) is 15.6 Å². The molecule has 22 heavy (non-hydrogen) atoms. The van der Waals surface area contributed by atoms with Gasteiger partial charge in [0.05, 0.1) is 5.69 Å². The van der Waals surface area contributed by atoms with Crippen LogP contribution in [0.5, 0.6) is 0 Å². The molecule has 0 aliphatic carbocycles. The minimum absolute atomic E-state index is 0.218. The van der Waals surface area contributed by atoms with Crippen molar-refractivity contribution in [2.24, 2.45) is 0 Å². The lowest BCUT2D eigenvalue weighted by molar-refractivity contribution is 0.252. The van der Waals surface area contributed by atoms with E-state index in [0.29, 0.717) is 6.54 Å². The Kier molecular flexibility index (Phi) is 4.01. The topological polar surface area (TPSA) is 54.0 Å². The normalized spacial score (nSPS) is 10.4. The molecule has 4 nitrogen and oxygen atoms in total. The number of amides is 2. The summed E-state index contributed by atoms with van der Waals surface area (Å²) in [5.41, 5.74) is 3.06. The van der Waals surface area contributed by atoms with Crippen LogP contribution >= 0.6 is 0 Å². The number of aryl methyl sites for hydroxylation is 1. The first-order valence-corrected chi connectivity index (χ1v) is 7.15. The summed E-state index contributed by atoms with van der Waals surface area (Å²) in [6.45, 7) is 2.54. The molecule has 0 aliphatic heterocycles. The smallest absolute Gasteiger partial charge is 0.319 e. The highest BCUT2D eigenvalue weighted by molar-refractivity contribution is 6.01. The van der Waals surface area contributed by atoms with Crippen LogP contribution in [-0.4, -0.2) is 11.0 Å². The third kappa shape index (κ3) is 3.23. The van der Waals surface area contributed by atoms with Gasteiger partial charge in [-0.3, -0.25) is 4.98 Å². The van der Waals surface area contributed by atoms with Gasteiger partial charge in [0.2, 0.25) is 0 Å². The lowest BCUT2D eigenvalue weighted by Crippen LogP contribution is -2.28. The molecule has 110 valence electrons. The predicted octanol–water partition coefficient (Wildman–Crippen LogP) is 3.86. The first kappa shape index (κ1) is 14.1. The van der Waals surface area contributed by atoms with Crippen LogP contribution in [0.4, 0.5) is 10.5 Å². The first-order chi connectivity index (χ1) is 10.7. The minimum Gasteiger partial charge on any atom is -0.334 e. The highest BCUT2D eigenvalue weighted by Crippen LogP contribution is 2.21. The average Bonchev–Trinajstić information content (AvgIpc) is 2.55. The van der Waals surface area contributed by atoms with Gasteiger partial charge in [-0.25, -0.2) is 4.79 Å². The van der Waals surface area contributed by atoms with E-state index in [0.717, 1.165) is 22.0 Å². The minimum atomic E-state index is -0.218. The number of nitrogens with one attached hydrogen (secondary N) is 2. The number of pyridine rings is 1. The van der Waals surface area contributed by atoms with Gasteiger partial charge < -0.3 is 10.6 Å². The molecule has 0 bridgehead atoms. The van der Waals surface area contributed by atoms with E-state index in [-0.39, 0.29) is 6.03 Å². The maximum atomic E-state index is 12.1. The molecule has 1 heterocycles. The molecule has 0 saturated heterocycles. The number of nitrogens with zero attached hydrogens (tertiary/aromatic N) is 1. The lowest BCUT2D eigenvalue weighted by atomic mass is 10.1. The molecule has 0 unspecified atom stereocenters. The number of carbonyl (C=O) groups excluding carboxylic acids is 1. The summed E-state index contributed by atoms with van der Waals surface area (Å²) in [5.74, 6) is 0. The van der Waals surface area contributed by atoms with Gasteiger partial charge in [-0.1, -0.05) is 42.0 Å². The van der Waals surface area contributed by atoms with Crippen molar-refractivity contribution >= 4 is 22.5 Å². The average molecular weight is 291 g/mol. The number of fused-ring (bicyclic) bond motifs is 1. The van der Waals surface area contributed by atoms with Crippen molar-refractivity contribution in [3.8, 4) is 0 Å². The lowest BCUT2D eigenvalue weighted by Gasteiger charge is -2.10. The van der Waals surface area contributed by atoms with Gasteiger partial charge in [-0.05, 0) is 24.6 Å². The van der Waals surface area contributed by atoms with Gasteiger partial charge in [-0.15, -0.1) is 0 Å². The first-order valence-electron chi connectivity index (χ1n) is 7.15. The zero-order chi connectivity index (χ0) is 15.4. The zero-order valence-corrected chi connectivity index (χ0v) is 12.3. The number of rotatable bonds is 3. The Balaban J connectivity index is 1.67. The second-order valence-corrected chi connectivity index (χ2v) is 5.20. The van der Waals surface area contributed by atoms with E-state index < -0.39 is 0 Å². The number of carbonyl (C=O) groups is 1. The van der Waals surface area contributed by atoms with E-state index in [9.17, 15) is 4.79 Å². The number of hydrogen-bond acceptors (Lipinski definition) is 2. The second kappa shape index (κ2) is 6.26. The molecule has 2 aromatic carbocycles. The molecule has 2 N–H and O–H groups in total. The zero-order valence-electron chi connectivity index (χ0n) is 12.3. The number of hydrogen-bond donors (Lipinski definition) is 2. The molecule has 0 atom stereocenters. The fraction of sp³-hybridized carbons (Fsp3) is 0.111. The van der Waals surface area contributed by atoms with Crippen molar-refractivity contribution in [3.63, 3.8) is 0 Å². The molecule has 0 fully saturated rings. The number of benzene rings is 2. The van der Waals surface area contributed by atoms with Crippen LogP contribution in [0.15, 0.2) is 60.9 Å². The molecule has 0 radical (unpaired) electrons. The Hall–Kier alpha value is -2.88. The number of urea groups is 1. The molecular weight excluding hydrogens is 274 g/mol. The Morgan fingerprint density at radius 3 is 2.73 bits per heavy atom. The molecule has 0 aliphatic rings. The highest BCUT2D eigenvalue weighted by Gasteiger charge is 2.05. The van der Waals surface area contributed by atoms with Crippen LogP contribution in [0.2, 0.25) is 0 Å². The molecule has 1 aromatic heterocycles. The van der Waals surface area contributed by atoms with E-state index in [4.69, 9.17) is 0 Å². The SMILES string of the molecule is Cc1ccc(CNC(=O)Nc2cccc3cnccc23)cc1. The van der Waals surface area contributed by atoms with Crippen LogP contribution in [0, 0.1) is 6.92 Å². The molecule has 0 saturated carbocycles. The maximum Gasteiger partial charge on any atom is 0.319 e. The third-order valence-electron chi connectivity index (χ3n) is 3.50. The van der Waals surface area contributed by atoms with Crippen molar-refractivity contribution in [2.75, 3.05) is 5.32 Å². The monoisotopic (exact) mass is 291 g/mol. The Morgan fingerprint density at radius 1 is 1.09 bits per heavy atom. The quantitative estimate of drug-likeness (QED) is 0.769. The van der Waals surface area contributed by atoms with Crippen molar-refractivity contribution < 1.29 is 4.79 Å². The summed E-state index contributed by atoms with van der Waals surface area (Å²) >= 11 is 0. The van der Waals surface area contributed by atoms with Crippen LogP contribution < -0.4 is 10.6 Å². The van der Waals surface area contributed by atoms with Crippen molar-refractivity contribution in [1.29, 1.82) is 0 Å². The van der Waals surface area contributed by atoms with Crippen molar-refractivity contribution in [1.82, 2.24) is 10.3 Å². The van der Waals surface area contributed by atoms with E-state index in [1.165, 1.54) is 5.56 Å². The molecule has 0 spiro atoms. The molecule has 3 rings (SSSR count). The summed E-state index contributed by atoms with van der Waals surface area (Å²) in [5, 5.41) is 7.73. The Morgan fingerprint density at radius 2 is 1.91 bits per heavy atom. The third-order valence-corrected chi connectivity index (χ3v) is 3.50. The maximum absolute atomic E-state index is 12.1. The van der Waals surface area contributed by atoms with Gasteiger partial charge in [0.25, 0.3) is 0 Å². The predicted molar refractivity (Wildman–Crippen MR) is 88.8 cm³/mol. The van der Waals surface area contributed by atoms with Gasteiger partial charge in [0, 0.05) is 29.7 Å². The number of aromatic nitrogens is 1. The second-order valence-electron chi connectivity index (χ2n) is 5.20. The fourth-order valence-corrected chi connectivity index (χ4v) is 2.29. The van der Waals surface area contributed by atoms with Crippen LogP contribution in [-0.2, 0) is 6.54 Å². The summed E-state index contributed by atoms with van der Waals surface area (Å²) < 4.78 is 0. The fourth-order valence-electron chi connectivity index (χ4n) is 2.29. The van der Waals surface area contributed by atoms with Crippen LogP contribution in [0.3, 0.4) is 0 Å². The van der Waals surface area contributed by atoms with Crippen molar-refractivity contribution in [3.05, 3.63) is 72.1 Å². The summed E-state index contributed by atoms with van der Waals surface area (Å²) in [6, 6.07) is 15.5. The Bertz CT molecular complexity index is 792. The van der Waals surface area contributed by atoms with Gasteiger partial charge in [-0.2, -0.15) is 0 Å². The number of anilines is 1. The largest absolute Gasteiger partial charge is 0.334 e. The summed E-state index contributed by atoms with van der Waals surface area (Å²) in [7, 11) is 0. The van der Waals surface area contributed by atoms with Gasteiger partial charge in [0.1, 0.15) is 0 Å². The van der Waals surface area contributed by atoms with Crippen molar-refractivity contribution in [2.45, 2.75) is 13.5 Å². The van der Waals surface area contributed by atoms with Gasteiger partial charge >= 0.3 is 6.03 Å². The van der Waals surface area contributed by atoms with Gasteiger partial charge in [0.15, 0.2) is 0 Å². The molecule has 2 amide bonds. The Labute approximate surface area is 129 Å². The standard InChI is InChI=1S/C18H17N3O/c1-13-5-7-14(8-6-13)11-20-18(22)21-17-4-2-3-15-12-19-10-9-16(15)17/h2-10,12H,11H2,1H3,(H2,20,21,22). The van der Waals surface area contributed by atoms with Crippen LogP contribution in [0.25, 0.3) is 10.8 Å². The molecule has 3 aromatic rings. The molecular formula is C18H17N3O. The van der Waals surface area contributed by atoms with Crippen LogP contribution in [0.1, 0.15) is 11.1 Å².